The van der Waals surface area contributed by atoms with Crippen LogP contribution in [0.3, 0.4) is 0 Å². The molecule has 0 aliphatic rings. The maximum Gasteiger partial charge on any atom is 0.180 e. The minimum absolute atomic E-state index is 0.0315. The first-order valence-corrected chi connectivity index (χ1v) is 6.31. The van der Waals surface area contributed by atoms with Gasteiger partial charge in [0.2, 0.25) is 0 Å². The first-order valence-electron chi connectivity index (χ1n) is 5.43. The zero-order valence-electron chi connectivity index (χ0n) is 10.8. The van der Waals surface area contributed by atoms with Gasteiger partial charge in [-0.05, 0) is 13.8 Å². The van der Waals surface area contributed by atoms with Crippen molar-refractivity contribution >= 4 is 28.1 Å². The number of hydrogen-bond donors (Lipinski definition) is 1. The zero-order valence-corrected chi connectivity index (χ0v) is 11.6. The molecule has 0 saturated carbocycles. The van der Waals surface area contributed by atoms with Crippen LogP contribution in [0.15, 0.2) is 10.5 Å². The van der Waals surface area contributed by atoms with Gasteiger partial charge in [0.05, 0.1) is 5.97 Å². The molecule has 0 aromatic carbocycles. The Hall–Kier alpha value is -1.63. The Morgan fingerprint density at radius 2 is 2.22 bits per heavy atom. The quantitative estimate of drug-likeness (QED) is 0.624. The Morgan fingerprint density at radius 1 is 1.61 bits per heavy atom. The summed E-state index contributed by atoms with van der Waals surface area (Å²) >= 11 is 1.29. The number of carboxylic acids is 1. The monoisotopic (exact) mass is 270 g/mol. The van der Waals surface area contributed by atoms with E-state index >= 15 is 0 Å². The molecular formula is C11H16N3O3S-. The lowest BCUT2D eigenvalue weighted by atomic mass is 10.1. The lowest BCUT2D eigenvalue weighted by molar-refractivity contribution is -0.325. The van der Waals surface area contributed by atoms with Crippen molar-refractivity contribution < 1.29 is 14.7 Å². The number of aromatic nitrogens is 1. The maximum absolute atomic E-state index is 10.8. The molecule has 0 amide bonds. The van der Waals surface area contributed by atoms with Gasteiger partial charge in [-0.15, -0.1) is 11.3 Å². The Labute approximate surface area is 109 Å². The van der Waals surface area contributed by atoms with Crippen LogP contribution in [-0.2, 0) is 9.63 Å². The molecule has 0 aliphatic heterocycles. The predicted octanol–water partition coefficient (Wildman–Crippen LogP) is 0.630. The molecule has 1 aromatic heterocycles. The highest BCUT2D eigenvalue weighted by Crippen LogP contribution is 2.17. The summed E-state index contributed by atoms with van der Waals surface area (Å²) in [6.07, 6.45) is 0. The number of nitrogens with zero attached hydrogens (tertiary/aromatic N) is 2. The predicted molar refractivity (Wildman–Crippen MR) is 68.1 cm³/mol. The largest absolute Gasteiger partial charge is 0.546 e. The van der Waals surface area contributed by atoms with Crippen LogP contribution in [0.1, 0.15) is 33.4 Å². The Balaban J connectivity index is 2.97. The average molecular weight is 270 g/mol. The molecule has 0 aliphatic carbocycles. The van der Waals surface area contributed by atoms with E-state index in [1.807, 2.05) is 13.8 Å². The van der Waals surface area contributed by atoms with Crippen LogP contribution in [0.2, 0.25) is 0 Å². The summed E-state index contributed by atoms with van der Waals surface area (Å²) < 4.78 is 0. The van der Waals surface area contributed by atoms with Gasteiger partial charge in [-0.3, -0.25) is 0 Å². The molecule has 0 bridgehead atoms. The molecule has 100 valence electrons. The third kappa shape index (κ3) is 3.43. The minimum Gasteiger partial charge on any atom is -0.546 e. The Bertz CT molecular complexity index is 466. The van der Waals surface area contributed by atoms with Gasteiger partial charge in [0.15, 0.2) is 10.7 Å². The van der Waals surface area contributed by atoms with E-state index in [9.17, 15) is 9.90 Å². The summed E-state index contributed by atoms with van der Waals surface area (Å²) in [7, 11) is 0. The number of thiazole rings is 1. The second kappa shape index (κ2) is 5.34. The highest BCUT2D eigenvalue weighted by atomic mass is 32.1. The van der Waals surface area contributed by atoms with Crippen molar-refractivity contribution in [3.05, 3.63) is 11.1 Å². The van der Waals surface area contributed by atoms with Gasteiger partial charge < -0.3 is 20.5 Å². The van der Waals surface area contributed by atoms with E-state index in [1.54, 1.807) is 5.38 Å². The number of carbonyl (C=O) groups excluding carboxylic acids is 1. The molecule has 0 unspecified atom stereocenters. The van der Waals surface area contributed by atoms with Crippen LogP contribution in [-0.4, -0.2) is 22.3 Å². The fourth-order valence-electron chi connectivity index (χ4n) is 1.05. The molecule has 1 heterocycles. The first kappa shape index (κ1) is 14.4. The number of nitrogens with two attached hydrogens (primary N) is 1. The maximum atomic E-state index is 10.8. The summed E-state index contributed by atoms with van der Waals surface area (Å²) in [6, 6.07) is 0. The molecule has 0 radical (unpaired) electrons. The van der Waals surface area contributed by atoms with E-state index in [1.165, 1.54) is 25.2 Å². The molecule has 7 heteroatoms. The second-order valence-electron chi connectivity index (χ2n) is 4.59. The summed E-state index contributed by atoms with van der Waals surface area (Å²) in [5, 5.41) is 16.9. The molecule has 1 aromatic rings. The van der Waals surface area contributed by atoms with Crippen molar-refractivity contribution in [2.45, 2.75) is 33.3 Å². The molecule has 6 nitrogen and oxygen atoms in total. The van der Waals surface area contributed by atoms with E-state index in [0.29, 0.717) is 16.5 Å². The summed E-state index contributed by atoms with van der Waals surface area (Å²) in [4.78, 5) is 19.9. The summed E-state index contributed by atoms with van der Waals surface area (Å²) in [5.74, 6) is -1.30. The summed E-state index contributed by atoms with van der Waals surface area (Å²) in [5.41, 5.74) is 5.22. The van der Waals surface area contributed by atoms with Gasteiger partial charge in [-0.25, -0.2) is 4.98 Å². The fraction of sp³-hybridized carbons (Fsp3) is 0.545. The second-order valence-corrected chi connectivity index (χ2v) is 5.48. The SMILES string of the molecule is CC(C)/C(=N/OC(C)(C)C(=O)[O-])c1csc(N)n1. The molecule has 18 heavy (non-hydrogen) atoms. The number of carboxylic acid groups (broad SMARTS) is 1. The van der Waals surface area contributed by atoms with Crippen molar-refractivity contribution in [1.82, 2.24) is 4.98 Å². The third-order valence-electron chi connectivity index (χ3n) is 2.20. The van der Waals surface area contributed by atoms with Gasteiger partial charge in [0.25, 0.3) is 0 Å². The van der Waals surface area contributed by atoms with Crippen molar-refractivity contribution in [1.29, 1.82) is 0 Å². The van der Waals surface area contributed by atoms with Gasteiger partial charge >= 0.3 is 0 Å². The van der Waals surface area contributed by atoms with Crippen LogP contribution in [0.4, 0.5) is 5.13 Å². The van der Waals surface area contributed by atoms with Gasteiger partial charge in [0.1, 0.15) is 11.4 Å². The normalized spacial score (nSPS) is 12.8. The van der Waals surface area contributed by atoms with Crippen LogP contribution < -0.4 is 10.8 Å². The number of hydrogen-bond acceptors (Lipinski definition) is 7. The van der Waals surface area contributed by atoms with E-state index < -0.39 is 11.6 Å². The lowest BCUT2D eigenvalue weighted by Gasteiger charge is -2.23. The first-order chi connectivity index (χ1) is 8.24. The molecular weight excluding hydrogens is 254 g/mol. The summed E-state index contributed by atoms with van der Waals surface area (Å²) in [6.45, 7) is 6.56. The van der Waals surface area contributed by atoms with E-state index in [2.05, 4.69) is 10.1 Å². The molecule has 0 fully saturated rings. The van der Waals surface area contributed by atoms with E-state index in [0.717, 1.165) is 0 Å². The number of anilines is 1. The average Bonchev–Trinajstić information content (AvgIpc) is 2.64. The van der Waals surface area contributed by atoms with Crippen molar-refractivity contribution in [2.75, 3.05) is 5.73 Å². The third-order valence-corrected chi connectivity index (χ3v) is 2.87. The minimum atomic E-state index is -1.48. The highest BCUT2D eigenvalue weighted by Gasteiger charge is 2.22. The van der Waals surface area contributed by atoms with Crippen LogP contribution in [0.5, 0.6) is 0 Å². The Morgan fingerprint density at radius 3 is 2.61 bits per heavy atom. The van der Waals surface area contributed by atoms with Crippen LogP contribution >= 0.6 is 11.3 Å². The molecule has 1 rings (SSSR count). The number of rotatable bonds is 5. The van der Waals surface area contributed by atoms with Gasteiger partial charge in [0, 0.05) is 11.3 Å². The number of oxime groups is 1. The van der Waals surface area contributed by atoms with Crippen LogP contribution in [0, 0.1) is 5.92 Å². The van der Waals surface area contributed by atoms with Crippen LogP contribution in [0.25, 0.3) is 0 Å². The molecule has 2 N–H and O–H groups in total. The number of nitrogen functional groups attached to an aromatic ring is 1. The molecule has 0 saturated heterocycles. The standard InChI is InChI=1S/C11H17N3O3S/c1-6(2)8(7-5-18-10(12)13-7)14-17-11(3,4)9(15)16/h5-6H,1-4H3,(H2,12,13)(H,15,16)/p-1/b14-8-. The van der Waals surface area contributed by atoms with Gasteiger partial charge in [-0.2, -0.15) is 0 Å². The lowest BCUT2D eigenvalue weighted by Crippen LogP contribution is -2.44. The topological polar surface area (TPSA) is 101 Å². The van der Waals surface area contributed by atoms with Crippen molar-refractivity contribution in [3.8, 4) is 0 Å². The van der Waals surface area contributed by atoms with Crippen molar-refractivity contribution in [2.24, 2.45) is 11.1 Å². The van der Waals surface area contributed by atoms with Crippen molar-refractivity contribution in [3.63, 3.8) is 0 Å². The Kier molecular flexibility index (Phi) is 4.28. The smallest absolute Gasteiger partial charge is 0.180 e. The van der Waals surface area contributed by atoms with Gasteiger partial charge in [-0.1, -0.05) is 19.0 Å². The highest BCUT2D eigenvalue weighted by molar-refractivity contribution is 7.13. The zero-order chi connectivity index (χ0) is 13.9. The number of aliphatic carboxylic acids is 1. The fourth-order valence-corrected chi connectivity index (χ4v) is 1.61. The van der Waals surface area contributed by atoms with E-state index in [4.69, 9.17) is 10.6 Å². The number of carbonyl (C=O) groups is 1. The molecule has 0 spiro atoms. The van der Waals surface area contributed by atoms with E-state index in [-0.39, 0.29) is 5.92 Å². The molecule has 0 atom stereocenters.